The second-order valence-corrected chi connectivity index (χ2v) is 5.76. The van der Waals surface area contributed by atoms with E-state index in [0.717, 1.165) is 24.9 Å². The van der Waals surface area contributed by atoms with Crippen molar-refractivity contribution in [2.24, 2.45) is 5.41 Å². The summed E-state index contributed by atoms with van der Waals surface area (Å²) >= 11 is 0. The minimum Gasteiger partial charge on any atom is -0.504 e. The van der Waals surface area contributed by atoms with Crippen molar-refractivity contribution in [3.05, 3.63) is 23.8 Å². The minimum absolute atomic E-state index is 0.118. The molecule has 0 aliphatic carbocycles. The first-order chi connectivity index (χ1) is 10.0. The smallest absolute Gasteiger partial charge is 0.310 e. The first kappa shape index (κ1) is 15.6. The van der Waals surface area contributed by atoms with Gasteiger partial charge in [0.25, 0.3) is 0 Å². The van der Waals surface area contributed by atoms with E-state index in [1.165, 1.54) is 7.11 Å². The summed E-state index contributed by atoms with van der Waals surface area (Å²) in [4.78, 5) is 13.7. The van der Waals surface area contributed by atoms with Gasteiger partial charge in [-0.25, -0.2) is 0 Å². The average molecular weight is 293 g/mol. The molecule has 2 N–H and O–H groups in total. The van der Waals surface area contributed by atoms with E-state index in [1.807, 2.05) is 13.0 Å². The number of rotatable bonds is 5. The lowest BCUT2D eigenvalue weighted by Crippen LogP contribution is -2.47. The number of likely N-dealkylation sites (tertiary alicyclic amines) is 1. The Balaban J connectivity index is 2.09. The zero-order chi connectivity index (χ0) is 15.5. The molecule has 1 fully saturated rings. The molecule has 5 heteroatoms. The maximum absolute atomic E-state index is 11.6. The number of phenols is 1. The lowest BCUT2D eigenvalue weighted by Gasteiger charge is -2.39. The average Bonchev–Trinajstić information content (AvgIpc) is 2.47. The van der Waals surface area contributed by atoms with Gasteiger partial charge in [-0.05, 0) is 43.5 Å². The summed E-state index contributed by atoms with van der Waals surface area (Å²) in [5.74, 6) is -0.134. The quantitative estimate of drug-likeness (QED) is 0.873. The molecular formula is C16H23NO4. The molecule has 1 atom stereocenters. The molecule has 1 aromatic rings. The van der Waals surface area contributed by atoms with Crippen LogP contribution in [0.3, 0.4) is 0 Å². The lowest BCUT2D eigenvalue weighted by atomic mass is 9.77. The predicted octanol–water partition coefficient (Wildman–Crippen LogP) is 2.48. The summed E-state index contributed by atoms with van der Waals surface area (Å²) in [6, 6.07) is 5.32. The fourth-order valence-electron chi connectivity index (χ4n) is 3.07. The van der Waals surface area contributed by atoms with Gasteiger partial charge in [-0.2, -0.15) is 0 Å². The number of hydrogen-bond donors (Lipinski definition) is 2. The second kappa shape index (κ2) is 6.35. The molecule has 0 saturated carbocycles. The fraction of sp³-hybridized carbons (Fsp3) is 0.562. The summed E-state index contributed by atoms with van der Waals surface area (Å²) in [5, 5.41) is 19.3. The van der Waals surface area contributed by atoms with Gasteiger partial charge in [-0.1, -0.05) is 13.0 Å². The van der Waals surface area contributed by atoms with Crippen LogP contribution in [0.25, 0.3) is 0 Å². The molecule has 1 unspecified atom stereocenters. The van der Waals surface area contributed by atoms with E-state index in [4.69, 9.17) is 4.74 Å². The molecule has 21 heavy (non-hydrogen) atoms. The van der Waals surface area contributed by atoms with Crippen LogP contribution in [0.1, 0.15) is 31.7 Å². The summed E-state index contributed by atoms with van der Waals surface area (Å²) < 4.78 is 5.03. The van der Waals surface area contributed by atoms with Crippen molar-refractivity contribution in [1.29, 1.82) is 0 Å². The number of piperidine rings is 1. The number of nitrogens with zero attached hydrogens (tertiary/aromatic N) is 1. The second-order valence-electron chi connectivity index (χ2n) is 5.76. The Morgan fingerprint density at radius 1 is 1.48 bits per heavy atom. The number of hydrogen-bond acceptors (Lipinski definition) is 4. The van der Waals surface area contributed by atoms with Crippen LogP contribution in [-0.2, 0) is 11.3 Å². The van der Waals surface area contributed by atoms with Crippen LogP contribution >= 0.6 is 0 Å². The topological polar surface area (TPSA) is 70.0 Å². The Hall–Kier alpha value is -1.75. The van der Waals surface area contributed by atoms with Gasteiger partial charge < -0.3 is 14.9 Å². The zero-order valence-corrected chi connectivity index (χ0v) is 12.6. The highest BCUT2D eigenvalue weighted by molar-refractivity contribution is 5.75. The third kappa shape index (κ3) is 3.29. The molecule has 1 heterocycles. The molecule has 1 aliphatic heterocycles. The monoisotopic (exact) mass is 293 g/mol. The first-order valence-electron chi connectivity index (χ1n) is 7.32. The Morgan fingerprint density at radius 3 is 2.81 bits per heavy atom. The highest BCUT2D eigenvalue weighted by Crippen LogP contribution is 2.35. The molecular weight excluding hydrogens is 270 g/mol. The highest BCUT2D eigenvalue weighted by atomic mass is 16.5. The molecule has 0 bridgehead atoms. The number of phenolic OH excluding ortho intramolecular Hbond substituents is 1. The summed E-state index contributed by atoms with van der Waals surface area (Å²) in [6.07, 6.45) is 2.28. The van der Waals surface area contributed by atoms with Gasteiger partial charge in [0.05, 0.1) is 12.5 Å². The van der Waals surface area contributed by atoms with E-state index in [-0.39, 0.29) is 5.75 Å². The van der Waals surface area contributed by atoms with Gasteiger partial charge in [-0.3, -0.25) is 9.69 Å². The third-order valence-corrected chi connectivity index (χ3v) is 4.44. The molecule has 1 saturated heterocycles. The van der Waals surface area contributed by atoms with Gasteiger partial charge in [-0.15, -0.1) is 0 Å². The van der Waals surface area contributed by atoms with Crippen LogP contribution in [0.15, 0.2) is 18.2 Å². The van der Waals surface area contributed by atoms with E-state index in [0.29, 0.717) is 25.3 Å². The number of carboxylic acid groups (broad SMARTS) is 1. The number of carbonyl (C=O) groups is 1. The summed E-state index contributed by atoms with van der Waals surface area (Å²) in [5.41, 5.74) is 0.331. The Kier molecular flexibility index (Phi) is 4.73. The molecule has 5 nitrogen and oxygen atoms in total. The van der Waals surface area contributed by atoms with E-state index in [2.05, 4.69) is 4.90 Å². The number of aliphatic carboxylic acids is 1. The maximum atomic E-state index is 11.6. The van der Waals surface area contributed by atoms with Crippen molar-refractivity contribution in [1.82, 2.24) is 4.90 Å². The van der Waals surface area contributed by atoms with Gasteiger partial charge in [0.2, 0.25) is 0 Å². The number of methoxy groups -OCH3 is 1. The van der Waals surface area contributed by atoms with Crippen molar-refractivity contribution in [2.75, 3.05) is 20.2 Å². The summed E-state index contributed by atoms with van der Waals surface area (Å²) in [7, 11) is 1.52. The van der Waals surface area contributed by atoms with E-state index in [1.54, 1.807) is 12.1 Å². The first-order valence-corrected chi connectivity index (χ1v) is 7.32. The normalized spacial score (nSPS) is 23.0. The molecule has 0 spiro atoms. The largest absolute Gasteiger partial charge is 0.504 e. The SMILES string of the molecule is CCC1(C(=O)O)CCCN(Cc2ccc(OC)c(O)c2)C1. The minimum atomic E-state index is -0.702. The van der Waals surface area contributed by atoms with Crippen molar-refractivity contribution in [3.8, 4) is 11.5 Å². The number of aromatic hydroxyl groups is 1. The van der Waals surface area contributed by atoms with E-state index < -0.39 is 11.4 Å². The Morgan fingerprint density at radius 2 is 2.24 bits per heavy atom. The zero-order valence-electron chi connectivity index (χ0n) is 12.6. The fourth-order valence-corrected chi connectivity index (χ4v) is 3.07. The van der Waals surface area contributed by atoms with E-state index in [9.17, 15) is 15.0 Å². The van der Waals surface area contributed by atoms with Crippen LogP contribution in [-0.4, -0.2) is 41.3 Å². The van der Waals surface area contributed by atoms with Gasteiger partial charge in [0.1, 0.15) is 0 Å². The van der Waals surface area contributed by atoms with E-state index >= 15 is 0 Å². The van der Waals surface area contributed by atoms with Crippen LogP contribution in [0.4, 0.5) is 0 Å². The lowest BCUT2D eigenvalue weighted by molar-refractivity contribution is -0.153. The Bertz CT molecular complexity index is 517. The molecule has 1 aliphatic rings. The van der Waals surface area contributed by atoms with Gasteiger partial charge in [0, 0.05) is 13.1 Å². The standard InChI is InChI=1S/C16H23NO4/c1-3-16(15(19)20)7-4-8-17(11-16)10-12-5-6-14(21-2)13(18)9-12/h5-6,9,18H,3-4,7-8,10-11H2,1-2H3,(H,19,20). The number of ether oxygens (including phenoxy) is 1. The predicted molar refractivity (Wildman–Crippen MR) is 79.5 cm³/mol. The highest BCUT2D eigenvalue weighted by Gasteiger charge is 2.40. The Labute approximate surface area is 125 Å². The molecule has 0 radical (unpaired) electrons. The van der Waals surface area contributed by atoms with Gasteiger partial charge >= 0.3 is 5.97 Å². The van der Waals surface area contributed by atoms with Crippen molar-refractivity contribution in [2.45, 2.75) is 32.7 Å². The number of carboxylic acids is 1. The van der Waals surface area contributed by atoms with Crippen LogP contribution in [0.5, 0.6) is 11.5 Å². The molecule has 2 rings (SSSR count). The van der Waals surface area contributed by atoms with Crippen molar-refractivity contribution >= 4 is 5.97 Å². The molecule has 1 aromatic carbocycles. The molecule has 0 aromatic heterocycles. The summed E-state index contributed by atoms with van der Waals surface area (Å²) in [6.45, 7) is 4.04. The third-order valence-electron chi connectivity index (χ3n) is 4.44. The van der Waals surface area contributed by atoms with Crippen LogP contribution in [0, 0.1) is 5.41 Å². The van der Waals surface area contributed by atoms with Crippen LogP contribution in [0.2, 0.25) is 0 Å². The van der Waals surface area contributed by atoms with Gasteiger partial charge in [0.15, 0.2) is 11.5 Å². The molecule has 116 valence electrons. The van der Waals surface area contributed by atoms with Crippen molar-refractivity contribution in [3.63, 3.8) is 0 Å². The van der Waals surface area contributed by atoms with Crippen LogP contribution < -0.4 is 4.74 Å². The molecule has 0 amide bonds. The number of benzene rings is 1. The maximum Gasteiger partial charge on any atom is 0.310 e. The van der Waals surface area contributed by atoms with Crippen molar-refractivity contribution < 1.29 is 19.7 Å².